The lowest BCUT2D eigenvalue weighted by atomic mass is 10.2. The summed E-state index contributed by atoms with van der Waals surface area (Å²) < 4.78 is 1.12. The smallest absolute Gasteiger partial charge is 0.150 e. The molecule has 1 aromatic rings. The number of allylic oxidation sites excluding steroid dienone is 1. The standard InChI is InChI=1S/C18H25BrN4S/c1-4-15(5-2)24-18-21-17-16(10-20-12-22(17)3)23(18)11-13-7-6-8-14(19)9-13/h6-10,15,18,21H,4-5,11-12H2,1-3H3. The third-order valence-electron chi connectivity index (χ3n) is 4.46. The highest BCUT2D eigenvalue weighted by atomic mass is 79.9. The molecule has 0 fully saturated rings. The summed E-state index contributed by atoms with van der Waals surface area (Å²) in [7, 11) is 2.10. The molecule has 0 bridgehead atoms. The number of benzene rings is 1. The second-order valence-corrected chi connectivity index (χ2v) is 8.52. The summed E-state index contributed by atoms with van der Waals surface area (Å²) in [4.78, 5) is 9.14. The number of nitrogens with zero attached hydrogens (tertiary/aromatic N) is 3. The van der Waals surface area contributed by atoms with Crippen molar-refractivity contribution < 1.29 is 0 Å². The van der Waals surface area contributed by atoms with Gasteiger partial charge >= 0.3 is 0 Å². The van der Waals surface area contributed by atoms with E-state index in [1.54, 1.807) is 0 Å². The zero-order chi connectivity index (χ0) is 17.1. The Bertz CT molecular complexity index is 642. The molecule has 0 aromatic heterocycles. The van der Waals surface area contributed by atoms with Crippen molar-refractivity contribution in [2.24, 2.45) is 4.99 Å². The quantitative estimate of drug-likeness (QED) is 0.763. The van der Waals surface area contributed by atoms with Crippen LogP contribution in [0.1, 0.15) is 32.3 Å². The van der Waals surface area contributed by atoms with Crippen molar-refractivity contribution in [3.8, 4) is 0 Å². The number of rotatable bonds is 6. The molecule has 24 heavy (non-hydrogen) atoms. The summed E-state index contributed by atoms with van der Waals surface area (Å²) in [6.07, 6.45) is 4.41. The molecule has 1 atom stereocenters. The molecule has 0 saturated heterocycles. The van der Waals surface area contributed by atoms with Gasteiger partial charge in [-0.15, -0.1) is 11.8 Å². The number of hydrogen-bond donors (Lipinski definition) is 1. The van der Waals surface area contributed by atoms with Crippen molar-refractivity contribution in [1.82, 2.24) is 15.1 Å². The van der Waals surface area contributed by atoms with Crippen LogP contribution < -0.4 is 5.32 Å². The Balaban J connectivity index is 1.85. The van der Waals surface area contributed by atoms with Gasteiger partial charge < -0.3 is 15.1 Å². The molecule has 1 unspecified atom stereocenters. The van der Waals surface area contributed by atoms with Gasteiger partial charge in [0.05, 0.1) is 11.9 Å². The molecule has 6 heteroatoms. The van der Waals surface area contributed by atoms with Crippen molar-refractivity contribution in [2.45, 2.75) is 44.0 Å². The number of aliphatic imine (C=N–C) groups is 1. The molecule has 2 heterocycles. The molecular formula is C18H25BrN4S. The molecule has 0 spiro atoms. The lowest BCUT2D eigenvalue weighted by molar-refractivity contribution is 0.339. The molecule has 2 aliphatic heterocycles. The van der Waals surface area contributed by atoms with Gasteiger partial charge in [0.25, 0.3) is 0 Å². The summed E-state index contributed by atoms with van der Waals surface area (Å²) in [5.74, 6) is 1.20. The lowest BCUT2D eigenvalue weighted by Gasteiger charge is -2.29. The maximum absolute atomic E-state index is 4.51. The van der Waals surface area contributed by atoms with E-state index in [0.717, 1.165) is 17.7 Å². The van der Waals surface area contributed by atoms with Crippen LogP contribution in [0.4, 0.5) is 0 Å². The van der Waals surface area contributed by atoms with Crippen LogP contribution >= 0.6 is 27.7 Å². The van der Waals surface area contributed by atoms with Crippen LogP contribution in [0.25, 0.3) is 0 Å². The number of hydrogen-bond acceptors (Lipinski definition) is 5. The van der Waals surface area contributed by atoms with E-state index in [1.165, 1.54) is 29.9 Å². The fraction of sp³-hybridized carbons (Fsp3) is 0.500. The summed E-state index contributed by atoms with van der Waals surface area (Å²) >= 11 is 5.61. The molecule has 3 rings (SSSR count). The lowest BCUT2D eigenvalue weighted by Crippen LogP contribution is -2.37. The molecule has 1 aromatic carbocycles. The third-order valence-corrected chi connectivity index (χ3v) is 6.63. The summed E-state index contributed by atoms with van der Waals surface area (Å²) in [6, 6.07) is 8.55. The van der Waals surface area contributed by atoms with Crippen LogP contribution in [0, 0.1) is 0 Å². The zero-order valence-electron chi connectivity index (χ0n) is 14.5. The van der Waals surface area contributed by atoms with Crippen LogP contribution in [0.3, 0.4) is 0 Å². The van der Waals surface area contributed by atoms with Crippen molar-refractivity contribution in [1.29, 1.82) is 0 Å². The van der Waals surface area contributed by atoms with Crippen molar-refractivity contribution in [3.05, 3.63) is 45.8 Å². The van der Waals surface area contributed by atoms with Crippen LogP contribution in [-0.4, -0.2) is 40.5 Å². The highest BCUT2D eigenvalue weighted by Crippen LogP contribution is 2.34. The van der Waals surface area contributed by atoms with Gasteiger partial charge in [0, 0.05) is 23.3 Å². The molecule has 130 valence electrons. The molecule has 0 radical (unpaired) electrons. The van der Waals surface area contributed by atoms with Gasteiger partial charge in [-0.1, -0.05) is 41.9 Å². The fourth-order valence-electron chi connectivity index (χ4n) is 3.06. The molecule has 0 amide bonds. The SMILES string of the molecule is CCC(CC)SC1NC2=C(C=NCN2C)N1Cc1cccc(Br)c1. The van der Waals surface area contributed by atoms with Crippen molar-refractivity contribution in [2.75, 3.05) is 13.7 Å². The molecule has 0 saturated carbocycles. The van der Waals surface area contributed by atoms with E-state index < -0.39 is 0 Å². The van der Waals surface area contributed by atoms with E-state index in [0.29, 0.717) is 5.25 Å². The molecule has 0 aliphatic carbocycles. The Morgan fingerprint density at radius 2 is 2.17 bits per heavy atom. The van der Waals surface area contributed by atoms with Gasteiger partial charge in [-0.25, -0.2) is 0 Å². The van der Waals surface area contributed by atoms with Gasteiger partial charge in [-0.3, -0.25) is 4.99 Å². The molecule has 4 nitrogen and oxygen atoms in total. The summed E-state index contributed by atoms with van der Waals surface area (Å²) in [6.45, 7) is 6.15. The Labute approximate surface area is 157 Å². The zero-order valence-corrected chi connectivity index (χ0v) is 16.9. The minimum atomic E-state index is 0.255. The largest absolute Gasteiger partial charge is 0.341 e. The van der Waals surface area contributed by atoms with Gasteiger partial charge in [0.2, 0.25) is 0 Å². The van der Waals surface area contributed by atoms with E-state index in [-0.39, 0.29) is 5.50 Å². The average molecular weight is 409 g/mol. The predicted octanol–water partition coefficient (Wildman–Crippen LogP) is 4.20. The first-order valence-corrected chi connectivity index (χ1v) is 10.2. The van der Waals surface area contributed by atoms with Gasteiger partial charge in [0.15, 0.2) is 0 Å². The number of nitrogens with one attached hydrogen (secondary N) is 1. The Hall–Kier alpha value is -1.14. The van der Waals surface area contributed by atoms with E-state index in [1.807, 2.05) is 18.0 Å². The highest BCUT2D eigenvalue weighted by molar-refractivity contribution is 9.10. The van der Waals surface area contributed by atoms with E-state index in [2.05, 4.69) is 81.2 Å². The van der Waals surface area contributed by atoms with Gasteiger partial charge in [-0.2, -0.15) is 0 Å². The molecule has 2 aliphatic rings. The maximum atomic E-state index is 4.51. The molecular weight excluding hydrogens is 384 g/mol. The number of thioether (sulfide) groups is 1. The van der Waals surface area contributed by atoms with Crippen molar-refractivity contribution in [3.63, 3.8) is 0 Å². The minimum Gasteiger partial charge on any atom is -0.341 e. The second kappa shape index (κ2) is 7.83. The van der Waals surface area contributed by atoms with Gasteiger partial charge in [0.1, 0.15) is 18.0 Å². The Kier molecular flexibility index (Phi) is 5.76. The second-order valence-electron chi connectivity index (χ2n) is 6.21. The van der Waals surface area contributed by atoms with Crippen LogP contribution in [-0.2, 0) is 6.54 Å². The third kappa shape index (κ3) is 3.75. The normalized spacial score (nSPS) is 20.0. The van der Waals surface area contributed by atoms with E-state index >= 15 is 0 Å². The maximum Gasteiger partial charge on any atom is 0.150 e. The topological polar surface area (TPSA) is 30.9 Å². The van der Waals surface area contributed by atoms with Crippen LogP contribution in [0.2, 0.25) is 0 Å². The Morgan fingerprint density at radius 1 is 1.38 bits per heavy atom. The first-order valence-electron chi connectivity index (χ1n) is 8.50. The summed E-state index contributed by atoms with van der Waals surface area (Å²) in [5, 5.41) is 4.38. The van der Waals surface area contributed by atoms with Gasteiger partial charge in [-0.05, 0) is 30.5 Å². The fourth-order valence-corrected chi connectivity index (χ4v) is 4.77. The van der Waals surface area contributed by atoms with Crippen LogP contribution in [0.15, 0.2) is 45.2 Å². The highest BCUT2D eigenvalue weighted by Gasteiger charge is 2.35. The first-order chi connectivity index (χ1) is 11.6. The summed E-state index contributed by atoms with van der Waals surface area (Å²) in [5.41, 5.74) is 2.76. The van der Waals surface area contributed by atoms with E-state index in [4.69, 9.17) is 0 Å². The van der Waals surface area contributed by atoms with Crippen LogP contribution in [0.5, 0.6) is 0 Å². The number of halogens is 1. The average Bonchev–Trinajstić information content (AvgIpc) is 2.92. The van der Waals surface area contributed by atoms with E-state index in [9.17, 15) is 0 Å². The first kappa shape index (κ1) is 17.7. The molecule has 1 N–H and O–H groups in total. The Morgan fingerprint density at radius 3 is 2.88 bits per heavy atom. The minimum absolute atomic E-state index is 0.255. The van der Waals surface area contributed by atoms with Crippen molar-refractivity contribution >= 4 is 33.9 Å². The predicted molar refractivity (Wildman–Crippen MR) is 107 cm³/mol. The monoisotopic (exact) mass is 408 g/mol.